The Morgan fingerprint density at radius 3 is 2.64 bits per heavy atom. The van der Waals surface area contributed by atoms with E-state index in [4.69, 9.17) is 0 Å². The molecule has 0 aliphatic carbocycles. The fraction of sp³-hybridized carbons (Fsp3) is 0.647. The molecule has 122 valence electrons. The molecule has 5 heteroatoms. The molecule has 0 radical (unpaired) electrons. The molecule has 3 rings (SSSR count). The first kappa shape index (κ1) is 15.8. The van der Waals surface area contributed by atoms with E-state index in [1.54, 1.807) is 0 Å². The van der Waals surface area contributed by atoms with Crippen molar-refractivity contribution in [2.45, 2.75) is 30.9 Å². The van der Waals surface area contributed by atoms with Gasteiger partial charge in [-0.3, -0.25) is 0 Å². The van der Waals surface area contributed by atoms with Crippen molar-refractivity contribution in [3.63, 3.8) is 0 Å². The van der Waals surface area contributed by atoms with E-state index in [1.807, 2.05) is 0 Å². The minimum atomic E-state index is -2.88. The Morgan fingerprint density at radius 2 is 1.95 bits per heavy atom. The Bertz CT molecular complexity index is 609. The van der Waals surface area contributed by atoms with Gasteiger partial charge in [-0.1, -0.05) is 12.1 Å². The Balaban J connectivity index is 1.55. The lowest BCUT2D eigenvalue weighted by molar-refractivity contribution is 0.343. The lowest BCUT2D eigenvalue weighted by atomic mass is 10.1. The van der Waals surface area contributed by atoms with Crippen LogP contribution in [0.2, 0.25) is 0 Å². The highest BCUT2D eigenvalue weighted by molar-refractivity contribution is 7.91. The standard InChI is InChI=1S/C17H26N2O2S/c1-22(20,21)17-8-12-18(14-17)11-7-15-5-4-6-16(13-15)19-9-2-3-10-19/h4-6,13,17H,2-3,7-12,14H2,1H3/t17-/m1/s1. The van der Waals surface area contributed by atoms with E-state index < -0.39 is 9.84 Å². The number of likely N-dealkylation sites (tertiary alicyclic amines) is 1. The van der Waals surface area contributed by atoms with Crippen LogP contribution in [0.15, 0.2) is 24.3 Å². The van der Waals surface area contributed by atoms with Crippen molar-refractivity contribution in [2.24, 2.45) is 0 Å². The average molecular weight is 322 g/mol. The molecule has 22 heavy (non-hydrogen) atoms. The van der Waals surface area contributed by atoms with Crippen LogP contribution >= 0.6 is 0 Å². The first-order valence-electron chi connectivity index (χ1n) is 8.27. The van der Waals surface area contributed by atoms with Crippen molar-refractivity contribution in [1.29, 1.82) is 0 Å². The fourth-order valence-electron chi connectivity index (χ4n) is 3.52. The zero-order valence-electron chi connectivity index (χ0n) is 13.4. The second-order valence-corrected chi connectivity index (χ2v) is 8.98. The largest absolute Gasteiger partial charge is 0.372 e. The van der Waals surface area contributed by atoms with E-state index in [9.17, 15) is 8.42 Å². The predicted molar refractivity (Wildman–Crippen MR) is 91.3 cm³/mol. The minimum Gasteiger partial charge on any atom is -0.372 e. The molecule has 2 aliphatic heterocycles. The molecular formula is C17H26N2O2S. The van der Waals surface area contributed by atoms with Crippen molar-refractivity contribution >= 4 is 15.5 Å². The monoisotopic (exact) mass is 322 g/mol. The highest BCUT2D eigenvalue weighted by atomic mass is 32.2. The Kier molecular flexibility index (Phi) is 4.73. The van der Waals surface area contributed by atoms with Crippen molar-refractivity contribution in [3.8, 4) is 0 Å². The van der Waals surface area contributed by atoms with Crippen LogP contribution in [0.5, 0.6) is 0 Å². The summed E-state index contributed by atoms with van der Waals surface area (Å²) in [5.74, 6) is 0. The van der Waals surface area contributed by atoms with Crippen LogP contribution in [0.3, 0.4) is 0 Å². The lowest BCUT2D eigenvalue weighted by Crippen LogP contribution is -2.28. The smallest absolute Gasteiger partial charge is 0.151 e. The molecule has 0 aromatic heterocycles. The van der Waals surface area contributed by atoms with Gasteiger partial charge in [0.05, 0.1) is 5.25 Å². The molecule has 2 fully saturated rings. The summed E-state index contributed by atoms with van der Waals surface area (Å²) in [4.78, 5) is 4.74. The Morgan fingerprint density at radius 1 is 1.18 bits per heavy atom. The van der Waals surface area contributed by atoms with Gasteiger partial charge >= 0.3 is 0 Å². The molecule has 0 spiro atoms. The van der Waals surface area contributed by atoms with E-state index in [0.717, 1.165) is 25.9 Å². The topological polar surface area (TPSA) is 40.6 Å². The molecule has 0 saturated carbocycles. The maximum absolute atomic E-state index is 11.6. The van der Waals surface area contributed by atoms with E-state index in [2.05, 4.69) is 34.1 Å². The van der Waals surface area contributed by atoms with Crippen molar-refractivity contribution in [2.75, 3.05) is 43.9 Å². The van der Waals surface area contributed by atoms with E-state index in [-0.39, 0.29) is 5.25 Å². The molecule has 0 amide bonds. The number of nitrogens with zero attached hydrogens (tertiary/aromatic N) is 2. The van der Waals surface area contributed by atoms with Crippen LogP contribution in [0.4, 0.5) is 5.69 Å². The summed E-state index contributed by atoms with van der Waals surface area (Å²) in [5.41, 5.74) is 2.69. The van der Waals surface area contributed by atoms with Crippen LogP contribution in [-0.4, -0.2) is 57.5 Å². The second-order valence-electron chi connectivity index (χ2n) is 6.65. The summed E-state index contributed by atoms with van der Waals surface area (Å²) < 4.78 is 23.2. The van der Waals surface area contributed by atoms with Gasteiger partial charge in [0.15, 0.2) is 9.84 Å². The predicted octanol–water partition coefficient (Wildman–Crippen LogP) is 1.95. The third-order valence-corrected chi connectivity index (χ3v) is 6.53. The highest BCUT2D eigenvalue weighted by Gasteiger charge is 2.29. The summed E-state index contributed by atoms with van der Waals surface area (Å²) in [6.45, 7) is 4.90. The Labute approximate surface area is 134 Å². The molecule has 2 saturated heterocycles. The molecule has 1 aromatic carbocycles. The molecule has 2 heterocycles. The molecule has 1 atom stereocenters. The van der Waals surface area contributed by atoms with Gasteiger partial charge in [-0.15, -0.1) is 0 Å². The number of sulfone groups is 1. The third-order valence-electron chi connectivity index (χ3n) is 4.93. The lowest BCUT2D eigenvalue weighted by Gasteiger charge is -2.19. The summed E-state index contributed by atoms with van der Waals surface area (Å²) >= 11 is 0. The maximum atomic E-state index is 11.6. The fourth-order valence-corrected chi connectivity index (χ4v) is 4.54. The summed E-state index contributed by atoms with van der Waals surface area (Å²) in [6, 6.07) is 8.83. The minimum absolute atomic E-state index is 0.163. The maximum Gasteiger partial charge on any atom is 0.151 e. The van der Waals surface area contributed by atoms with Crippen LogP contribution < -0.4 is 4.90 Å². The van der Waals surface area contributed by atoms with E-state index >= 15 is 0 Å². The zero-order chi connectivity index (χ0) is 15.6. The molecule has 0 bridgehead atoms. The van der Waals surface area contributed by atoms with Gasteiger partial charge in [0.2, 0.25) is 0 Å². The Hall–Kier alpha value is -1.07. The highest BCUT2D eigenvalue weighted by Crippen LogP contribution is 2.22. The van der Waals surface area contributed by atoms with Gasteiger partial charge in [0.1, 0.15) is 0 Å². The van der Waals surface area contributed by atoms with Gasteiger partial charge in [-0.05, 0) is 49.9 Å². The third kappa shape index (κ3) is 3.82. The number of rotatable bonds is 5. The van der Waals surface area contributed by atoms with Gasteiger partial charge in [0.25, 0.3) is 0 Å². The first-order valence-corrected chi connectivity index (χ1v) is 10.2. The number of hydrogen-bond donors (Lipinski definition) is 0. The molecule has 0 unspecified atom stereocenters. The number of hydrogen-bond acceptors (Lipinski definition) is 4. The van der Waals surface area contributed by atoms with Gasteiger partial charge in [-0.25, -0.2) is 8.42 Å². The second kappa shape index (κ2) is 6.59. The van der Waals surface area contributed by atoms with Crippen molar-refractivity contribution in [1.82, 2.24) is 4.90 Å². The average Bonchev–Trinajstić information content (AvgIpc) is 3.16. The van der Waals surface area contributed by atoms with Crippen molar-refractivity contribution < 1.29 is 8.42 Å². The molecule has 1 aromatic rings. The summed E-state index contributed by atoms with van der Waals surface area (Å²) in [5, 5.41) is -0.163. The first-order chi connectivity index (χ1) is 10.5. The molecule has 2 aliphatic rings. The summed E-state index contributed by atoms with van der Waals surface area (Å²) in [6.07, 6.45) is 5.74. The summed E-state index contributed by atoms with van der Waals surface area (Å²) in [7, 11) is -2.88. The van der Waals surface area contributed by atoms with Gasteiger partial charge in [-0.2, -0.15) is 0 Å². The quantitative estimate of drug-likeness (QED) is 0.831. The van der Waals surface area contributed by atoms with E-state index in [1.165, 1.54) is 43.4 Å². The van der Waals surface area contributed by atoms with Crippen LogP contribution in [0.1, 0.15) is 24.8 Å². The van der Waals surface area contributed by atoms with Crippen molar-refractivity contribution in [3.05, 3.63) is 29.8 Å². The normalized spacial score (nSPS) is 23.3. The molecule has 0 N–H and O–H groups in total. The van der Waals surface area contributed by atoms with Crippen LogP contribution in [0, 0.1) is 0 Å². The van der Waals surface area contributed by atoms with Gasteiger partial charge in [0, 0.05) is 38.1 Å². The number of benzene rings is 1. The van der Waals surface area contributed by atoms with Gasteiger partial charge < -0.3 is 9.80 Å². The van der Waals surface area contributed by atoms with E-state index in [0.29, 0.717) is 6.54 Å². The van der Waals surface area contributed by atoms with Crippen LogP contribution in [-0.2, 0) is 16.3 Å². The number of anilines is 1. The molecular weight excluding hydrogens is 296 g/mol. The molecule has 4 nitrogen and oxygen atoms in total. The zero-order valence-corrected chi connectivity index (χ0v) is 14.2. The van der Waals surface area contributed by atoms with Crippen LogP contribution in [0.25, 0.3) is 0 Å². The SMILES string of the molecule is CS(=O)(=O)[C@@H]1CCN(CCc2cccc(N3CCCC3)c2)C1.